The second kappa shape index (κ2) is 13.1. The summed E-state index contributed by atoms with van der Waals surface area (Å²) in [5.41, 5.74) is 13.4. The van der Waals surface area contributed by atoms with Crippen LogP contribution >= 0.6 is 29.1 Å². The monoisotopic (exact) mass is 582 g/mol. The normalized spacial score (nSPS) is 12.4. The van der Waals surface area contributed by atoms with E-state index in [-0.39, 0.29) is 0 Å². The minimum atomic E-state index is -1.41. The lowest BCUT2D eigenvalue weighted by molar-refractivity contribution is 0.807. The molecule has 0 spiro atoms. The van der Waals surface area contributed by atoms with Gasteiger partial charge in [0.1, 0.15) is 6.63 Å². The third kappa shape index (κ3) is 6.77. The molecular formula is C36H49Cl2P. The van der Waals surface area contributed by atoms with Crippen LogP contribution in [-0.4, -0.2) is 0 Å². The van der Waals surface area contributed by atoms with Crippen molar-refractivity contribution in [3.8, 4) is 22.3 Å². The van der Waals surface area contributed by atoms with E-state index >= 15 is 0 Å². The van der Waals surface area contributed by atoms with E-state index in [4.69, 9.17) is 22.5 Å². The van der Waals surface area contributed by atoms with Crippen LogP contribution in [0.2, 0.25) is 0 Å². The summed E-state index contributed by atoms with van der Waals surface area (Å²) in [6.07, 6.45) is 0. The van der Waals surface area contributed by atoms with E-state index in [1.807, 2.05) is 0 Å². The van der Waals surface area contributed by atoms with Crippen molar-refractivity contribution in [2.45, 2.75) is 119 Å². The second-order valence-electron chi connectivity index (χ2n) is 13.0. The highest BCUT2D eigenvalue weighted by atomic mass is 35.9. The molecule has 0 nitrogen and oxygen atoms in total. The first-order chi connectivity index (χ1) is 18.2. The molecule has 0 heterocycles. The quantitative estimate of drug-likeness (QED) is 0.220. The van der Waals surface area contributed by atoms with E-state index in [1.54, 1.807) is 0 Å². The fourth-order valence-corrected chi connectivity index (χ4v) is 7.49. The molecule has 0 amide bonds. The van der Waals surface area contributed by atoms with Gasteiger partial charge in [0.05, 0.1) is 0 Å². The van der Waals surface area contributed by atoms with Crippen molar-refractivity contribution in [3.63, 3.8) is 0 Å². The summed E-state index contributed by atoms with van der Waals surface area (Å²) in [6.45, 7) is 26.2. The van der Waals surface area contributed by atoms with Gasteiger partial charge in [0, 0.05) is 5.30 Å². The molecule has 0 saturated heterocycles. The molecular weight excluding hydrogens is 534 g/mol. The third-order valence-corrected chi connectivity index (χ3v) is 9.84. The predicted molar refractivity (Wildman–Crippen MR) is 180 cm³/mol. The van der Waals surface area contributed by atoms with Crippen molar-refractivity contribution in [2.24, 2.45) is 0 Å². The summed E-state index contributed by atoms with van der Waals surface area (Å²) in [5.74, 6) is 2.47. The maximum absolute atomic E-state index is 7.03. The van der Waals surface area contributed by atoms with Crippen molar-refractivity contribution >= 4 is 34.4 Å². The topological polar surface area (TPSA) is 0 Å². The smallest absolute Gasteiger partial charge is 0.0727 e. The van der Waals surface area contributed by atoms with E-state index in [0.717, 1.165) is 5.30 Å². The Bertz CT molecular complexity index is 1140. The van der Waals surface area contributed by atoms with Gasteiger partial charge < -0.3 is 0 Å². The summed E-state index contributed by atoms with van der Waals surface area (Å²) in [7, 11) is 0. The largest absolute Gasteiger partial charge is 0.118 e. The second-order valence-corrected chi connectivity index (χ2v) is 16.5. The first-order valence-corrected chi connectivity index (χ1v) is 17.9. The molecule has 0 aliphatic rings. The summed E-state index contributed by atoms with van der Waals surface area (Å²) in [6, 6.07) is 16.4. The molecule has 0 fully saturated rings. The van der Waals surface area contributed by atoms with E-state index in [9.17, 15) is 0 Å². The average Bonchev–Trinajstić information content (AvgIpc) is 2.86. The Kier molecular flexibility index (Phi) is 10.8. The van der Waals surface area contributed by atoms with Crippen LogP contribution in [0.1, 0.15) is 152 Å². The van der Waals surface area contributed by atoms with Crippen molar-refractivity contribution in [1.29, 1.82) is 0 Å². The van der Waals surface area contributed by atoms with Crippen molar-refractivity contribution in [2.75, 3.05) is 0 Å². The molecule has 0 aliphatic carbocycles. The molecule has 0 atom stereocenters. The maximum atomic E-state index is 7.03. The summed E-state index contributed by atoms with van der Waals surface area (Å²) in [4.78, 5) is 0. The molecule has 3 aromatic rings. The van der Waals surface area contributed by atoms with E-state index in [0.29, 0.717) is 35.5 Å². The van der Waals surface area contributed by atoms with E-state index in [2.05, 4.69) is 126 Å². The highest BCUT2D eigenvalue weighted by molar-refractivity contribution is 8.09. The van der Waals surface area contributed by atoms with Gasteiger partial charge in [-0.15, -0.1) is 0 Å². The Balaban J connectivity index is 2.54. The van der Waals surface area contributed by atoms with Crippen LogP contribution in [-0.2, 0) is 0 Å². The van der Waals surface area contributed by atoms with Crippen LogP contribution in [0.5, 0.6) is 0 Å². The van der Waals surface area contributed by atoms with Gasteiger partial charge in [-0.2, -0.15) is 0 Å². The fraction of sp³-hybridized carbons (Fsp3) is 0.500. The van der Waals surface area contributed by atoms with Crippen molar-refractivity contribution in [1.82, 2.24) is 0 Å². The van der Waals surface area contributed by atoms with Crippen molar-refractivity contribution < 1.29 is 0 Å². The minimum absolute atomic E-state index is 0.382. The Morgan fingerprint density at radius 2 is 0.744 bits per heavy atom. The number of rotatable bonds is 9. The molecule has 0 aromatic heterocycles. The van der Waals surface area contributed by atoms with Gasteiger partial charge in [0.25, 0.3) is 0 Å². The molecule has 3 aromatic carbocycles. The van der Waals surface area contributed by atoms with Crippen LogP contribution in [0.4, 0.5) is 0 Å². The molecule has 212 valence electrons. The lowest BCUT2D eigenvalue weighted by atomic mass is 9.79. The molecule has 0 unspecified atom stereocenters. The fourth-order valence-electron chi connectivity index (χ4n) is 5.66. The van der Waals surface area contributed by atoms with Crippen LogP contribution in [0.3, 0.4) is 0 Å². The van der Waals surface area contributed by atoms with Gasteiger partial charge >= 0.3 is 0 Å². The van der Waals surface area contributed by atoms with Crippen LogP contribution in [0.25, 0.3) is 22.3 Å². The molecule has 0 aliphatic heterocycles. The molecule has 0 radical (unpaired) electrons. The first kappa shape index (κ1) is 32.2. The molecule has 0 saturated carbocycles. The van der Waals surface area contributed by atoms with Gasteiger partial charge in [-0.05, 0) is 91.1 Å². The number of hydrogen-bond donors (Lipinski definition) is 0. The average molecular weight is 584 g/mol. The first-order valence-electron chi connectivity index (χ1n) is 14.8. The number of halogens is 2. The Labute approximate surface area is 250 Å². The van der Waals surface area contributed by atoms with Gasteiger partial charge in [-0.3, -0.25) is 0 Å². The van der Waals surface area contributed by atoms with E-state index < -0.39 is 6.63 Å². The Morgan fingerprint density at radius 3 is 0.949 bits per heavy atom. The zero-order chi connectivity index (χ0) is 29.3. The number of benzene rings is 3. The zero-order valence-corrected chi connectivity index (χ0v) is 28.6. The highest BCUT2D eigenvalue weighted by Crippen LogP contribution is 2.53. The summed E-state index contributed by atoms with van der Waals surface area (Å²) in [5, 5.41) is 1.10. The van der Waals surface area contributed by atoms with Crippen molar-refractivity contribution in [3.05, 3.63) is 75.8 Å². The Hall–Kier alpha value is -1.33. The van der Waals surface area contributed by atoms with Gasteiger partial charge in [0.2, 0.25) is 0 Å². The summed E-state index contributed by atoms with van der Waals surface area (Å²) < 4.78 is 0. The molecule has 0 bridgehead atoms. The zero-order valence-electron chi connectivity index (χ0n) is 26.2. The molecule has 0 N–H and O–H groups in total. The SMILES string of the molecule is CC(C)c1cc(C(C)C)c(-c2cccc(-c3c(C(C)C)cc(C(C)C)cc3C(C)C)c2P(Cl)Cl)c(C(C)C)c1. The van der Waals surface area contributed by atoms with Gasteiger partial charge in [-0.25, -0.2) is 0 Å². The predicted octanol–water partition coefficient (Wildman–Crippen LogP) is 13.2. The summed E-state index contributed by atoms with van der Waals surface area (Å²) >= 11 is 14.1. The molecule has 3 heteroatoms. The lowest BCUT2D eigenvalue weighted by Gasteiger charge is -2.28. The minimum Gasteiger partial charge on any atom is -0.0727 e. The van der Waals surface area contributed by atoms with Gasteiger partial charge in [0.15, 0.2) is 0 Å². The van der Waals surface area contributed by atoms with Crippen LogP contribution < -0.4 is 5.30 Å². The molecule has 3 rings (SSSR count). The van der Waals surface area contributed by atoms with Gasteiger partial charge in [-0.1, -0.05) is 148 Å². The maximum Gasteiger partial charge on any atom is 0.118 e. The van der Waals surface area contributed by atoms with Crippen LogP contribution in [0.15, 0.2) is 42.5 Å². The molecule has 39 heavy (non-hydrogen) atoms. The van der Waals surface area contributed by atoms with E-state index in [1.165, 1.54) is 55.6 Å². The Morgan fingerprint density at radius 1 is 0.462 bits per heavy atom. The number of hydrogen-bond acceptors (Lipinski definition) is 0. The highest BCUT2D eigenvalue weighted by Gasteiger charge is 2.27. The third-order valence-electron chi connectivity index (χ3n) is 8.01. The van der Waals surface area contributed by atoms with Crippen LogP contribution in [0, 0.1) is 0 Å². The standard InChI is InChI=1S/C36H49Cl2P/c1-20(2)26-16-30(22(5)6)34(31(17-26)23(7)8)28-14-13-15-29(36(28)39(37)38)35-32(24(9)10)18-27(21(3)4)19-33(35)25(11)12/h13-25H,1-12H3. The lowest BCUT2D eigenvalue weighted by Crippen LogP contribution is -2.13.